The van der Waals surface area contributed by atoms with E-state index in [4.69, 9.17) is 5.73 Å². The number of carbonyl (C=O) groups is 2. The van der Waals surface area contributed by atoms with Crippen LogP contribution in [0.3, 0.4) is 0 Å². The van der Waals surface area contributed by atoms with Crippen molar-refractivity contribution in [2.45, 2.75) is 25.4 Å². The van der Waals surface area contributed by atoms with Crippen LogP contribution in [0.1, 0.15) is 49.9 Å². The predicted octanol–water partition coefficient (Wildman–Crippen LogP) is 4.39. The number of hydrogen-bond donors (Lipinski definition) is 1. The molecule has 0 fully saturated rings. The molecule has 0 bridgehead atoms. The van der Waals surface area contributed by atoms with Crippen LogP contribution in [-0.2, 0) is 13.0 Å². The van der Waals surface area contributed by atoms with Gasteiger partial charge < -0.3 is 10.6 Å². The summed E-state index contributed by atoms with van der Waals surface area (Å²) >= 11 is 0. The van der Waals surface area contributed by atoms with Crippen LogP contribution in [0.15, 0.2) is 66.7 Å². The van der Waals surface area contributed by atoms with E-state index >= 15 is 0 Å². The van der Waals surface area contributed by atoms with E-state index in [2.05, 4.69) is 0 Å². The zero-order chi connectivity index (χ0) is 21.3. The molecule has 1 aliphatic carbocycles. The Morgan fingerprint density at radius 3 is 2.37 bits per heavy atom. The molecule has 3 aromatic rings. The van der Waals surface area contributed by atoms with Crippen molar-refractivity contribution in [2.75, 3.05) is 0 Å². The van der Waals surface area contributed by atoms with E-state index in [-0.39, 0.29) is 12.5 Å². The Hall–Kier alpha value is -3.54. The van der Waals surface area contributed by atoms with Crippen LogP contribution in [0.5, 0.6) is 0 Å². The Morgan fingerprint density at radius 1 is 0.967 bits per heavy atom. The third-order valence-corrected chi connectivity index (χ3v) is 5.51. The van der Waals surface area contributed by atoms with E-state index in [0.717, 1.165) is 0 Å². The fourth-order valence-corrected chi connectivity index (χ4v) is 4.05. The van der Waals surface area contributed by atoms with Crippen molar-refractivity contribution in [3.05, 3.63) is 106 Å². The molecule has 1 atom stereocenters. The number of primary amides is 1. The maximum atomic E-state index is 14.0. The number of benzene rings is 3. The van der Waals surface area contributed by atoms with Gasteiger partial charge in [0.15, 0.2) is 11.6 Å². The molecular weight excluding hydrogens is 386 g/mol. The average molecular weight is 406 g/mol. The fourth-order valence-electron chi connectivity index (χ4n) is 4.05. The zero-order valence-corrected chi connectivity index (χ0v) is 16.1. The minimum absolute atomic E-state index is 0.121. The van der Waals surface area contributed by atoms with Crippen LogP contribution in [0, 0.1) is 11.6 Å². The lowest BCUT2D eigenvalue weighted by molar-refractivity contribution is 0.0656. The standard InChI is InChI=1S/C24H20F2N2O2/c25-20-12-16-10-11-22(19(16)13-21(20)26)28(24(30)15-6-2-1-3-7-15)14-17-8-4-5-9-18(17)23(27)29/h1-9,12-13,22H,10-11,14H2,(H2,27,29)/t22-/m1/s1. The third-order valence-electron chi connectivity index (χ3n) is 5.51. The lowest BCUT2D eigenvalue weighted by Gasteiger charge is -2.31. The number of rotatable bonds is 5. The van der Waals surface area contributed by atoms with Crippen molar-refractivity contribution in [1.29, 1.82) is 0 Å². The number of amides is 2. The Morgan fingerprint density at radius 2 is 1.63 bits per heavy atom. The molecule has 6 heteroatoms. The van der Waals surface area contributed by atoms with Crippen LogP contribution in [0.2, 0.25) is 0 Å². The normalized spacial score (nSPS) is 14.9. The maximum Gasteiger partial charge on any atom is 0.254 e. The molecule has 0 heterocycles. The van der Waals surface area contributed by atoms with Crippen molar-refractivity contribution in [3.8, 4) is 0 Å². The average Bonchev–Trinajstić information content (AvgIpc) is 3.15. The van der Waals surface area contributed by atoms with Crippen LogP contribution >= 0.6 is 0 Å². The van der Waals surface area contributed by atoms with Crippen molar-refractivity contribution in [3.63, 3.8) is 0 Å². The lowest BCUT2D eigenvalue weighted by atomic mass is 10.0. The van der Waals surface area contributed by atoms with Gasteiger partial charge in [-0.25, -0.2) is 8.78 Å². The molecule has 1 aliphatic rings. The highest BCUT2D eigenvalue weighted by Gasteiger charge is 2.33. The molecule has 2 N–H and O–H groups in total. The molecule has 0 aliphatic heterocycles. The summed E-state index contributed by atoms with van der Waals surface area (Å²) in [6.45, 7) is 0.121. The number of nitrogens with zero attached hydrogens (tertiary/aromatic N) is 1. The monoisotopic (exact) mass is 406 g/mol. The first-order chi connectivity index (χ1) is 14.5. The van der Waals surface area contributed by atoms with Crippen LogP contribution < -0.4 is 5.73 Å². The highest BCUT2D eigenvalue weighted by molar-refractivity contribution is 5.96. The van der Waals surface area contributed by atoms with Crippen LogP contribution in [0.25, 0.3) is 0 Å². The number of nitrogens with two attached hydrogens (primary N) is 1. The second-order valence-electron chi connectivity index (χ2n) is 7.34. The molecule has 3 aromatic carbocycles. The van der Waals surface area contributed by atoms with Gasteiger partial charge in [-0.2, -0.15) is 0 Å². The summed E-state index contributed by atoms with van der Waals surface area (Å²) in [7, 11) is 0. The summed E-state index contributed by atoms with van der Waals surface area (Å²) in [5, 5.41) is 0. The van der Waals surface area contributed by atoms with Gasteiger partial charge in [-0.1, -0.05) is 36.4 Å². The van der Waals surface area contributed by atoms with Crippen LogP contribution in [0.4, 0.5) is 8.78 Å². The molecule has 2 amide bonds. The number of halogens is 2. The number of aryl methyl sites for hydroxylation is 1. The summed E-state index contributed by atoms with van der Waals surface area (Å²) in [5.41, 5.74) is 8.20. The van der Waals surface area contributed by atoms with Crippen molar-refractivity contribution >= 4 is 11.8 Å². The maximum absolute atomic E-state index is 14.0. The summed E-state index contributed by atoms with van der Waals surface area (Å²) in [6.07, 6.45) is 1.07. The SMILES string of the molecule is NC(=O)c1ccccc1CN(C(=O)c1ccccc1)[C@@H]1CCc2cc(F)c(F)cc21. The van der Waals surface area contributed by atoms with Gasteiger partial charge in [0.25, 0.3) is 5.91 Å². The van der Waals surface area contributed by atoms with Gasteiger partial charge in [0.1, 0.15) is 0 Å². The van der Waals surface area contributed by atoms with Gasteiger partial charge in [-0.05, 0) is 59.9 Å². The number of fused-ring (bicyclic) bond motifs is 1. The highest BCUT2D eigenvalue weighted by Crippen LogP contribution is 2.38. The van der Waals surface area contributed by atoms with E-state index in [1.54, 1.807) is 53.4 Å². The fraction of sp³-hybridized carbons (Fsp3) is 0.167. The Labute approximate surface area is 172 Å². The molecule has 0 spiro atoms. The molecule has 4 rings (SSSR count). The third kappa shape index (κ3) is 3.68. The Balaban J connectivity index is 1.78. The first kappa shape index (κ1) is 19.8. The molecular formula is C24H20F2N2O2. The van der Waals surface area contributed by atoms with Gasteiger partial charge in [-0.15, -0.1) is 0 Å². The first-order valence-electron chi connectivity index (χ1n) is 9.67. The number of hydrogen-bond acceptors (Lipinski definition) is 2. The lowest BCUT2D eigenvalue weighted by Crippen LogP contribution is -2.34. The van der Waals surface area contributed by atoms with E-state index in [9.17, 15) is 18.4 Å². The minimum atomic E-state index is -0.940. The van der Waals surface area contributed by atoms with Crippen molar-refractivity contribution in [2.24, 2.45) is 5.73 Å². The van der Waals surface area contributed by atoms with Gasteiger partial charge in [-0.3, -0.25) is 9.59 Å². The van der Waals surface area contributed by atoms with Gasteiger partial charge in [0.2, 0.25) is 5.91 Å². The topological polar surface area (TPSA) is 63.4 Å². The predicted molar refractivity (Wildman–Crippen MR) is 109 cm³/mol. The molecule has 152 valence electrons. The molecule has 0 radical (unpaired) electrons. The van der Waals surface area contributed by atoms with Crippen molar-refractivity contribution < 1.29 is 18.4 Å². The highest BCUT2D eigenvalue weighted by atomic mass is 19.2. The second kappa shape index (κ2) is 8.06. The Bertz CT molecular complexity index is 1120. The zero-order valence-electron chi connectivity index (χ0n) is 16.1. The summed E-state index contributed by atoms with van der Waals surface area (Å²) < 4.78 is 27.7. The van der Waals surface area contributed by atoms with E-state index in [0.29, 0.717) is 40.7 Å². The quantitative estimate of drug-likeness (QED) is 0.683. The van der Waals surface area contributed by atoms with Gasteiger partial charge in [0, 0.05) is 17.7 Å². The molecule has 0 saturated heterocycles. The molecule has 30 heavy (non-hydrogen) atoms. The molecule has 0 unspecified atom stereocenters. The molecule has 4 nitrogen and oxygen atoms in total. The summed E-state index contributed by atoms with van der Waals surface area (Å²) in [6, 6.07) is 17.5. The molecule has 0 saturated carbocycles. The minimum Gasteiger partial charge on any atom is -0.366 e. The summed E-state index contributed by atoms with van der Waals surface area (Å²) in [5.74, 6) is -2.67. The smallest absolute Gasteiger partial charge is 0.254 e. The Kier molecular flexibility index (Phi) is 5.31. The van der Waals surface area contributed by atoms with E-state index in [1.165, 1.54) is 12.1 Å². The van der Waals surface area contributed by atoms with Crippen LogP contribution in [-0.4, -0.2) is 16.7 Å². The van der Waals surface area contributed by atoms with E-state index < -0.39 is 23.6 Å². The second-order valence-corrected chi connectivity index (χ2v) is 7.34. The van der Waals surface area contributed by atoms with Gasteiger partial charge >= 0.3 is 0 Å². The van der Waals surface area contributed by atoms with E-state index in [1.807, 2.05) is 6.07 Å². The number of carbonyl (C=O) groups excluding carboxylic acids is 2. The van der Waals surface area contributed by atoms with Gasteiger partial charge in [0.05, 0.1) is 6.04 Å². The molecule has 0 aromatic heterocycles. The first-order valence-corrected chi connectivity index (χ1v) is 9.67. The van der Waals surface area contributed by atoms with Crippen molar-refractivity contribution in [1.82, 2.24) is 4.90 Å². The largest absolute Gasteiger partial charge is 0.366 e. The summed E-state index contributed by atoms with van der Waals surface area (Å²) in [4.78, 5) is 26.9.